The zero-order valence-electron chi connectivity index (χ0n) is 11.8. The van der Waals surface area contributed by atoms with Crippen LogP contribution < -0.4 is 5.32 Å². The molecular weight excluding hydrogens is 304 g/mol. The summed E-state index contributed by atoms with van der Waals surface area (Å²) in [5, 5.41) is 4.71. The molecule has 0 amide bonds. The lowest BCUT2D eigenvalue weighted by Gasteiger charge is -2.15. The highest BCUT2D eigenvalue weighted by atomic mass is 35.5. The predicted octanol–water partition coefficient (Wildman–Crippen LogP) is 4.48. The molecule has 0 fully saturated rings. The van der Waals surface area contributed by atoms with Crippen LogP contribution in [0.3, 0.4) is 0 Å². The predicted molar refractivity (Wildman–Crippen MR) is 88.1 cm³/mol. The Kier molecular flexibility index (Phi) is 4.03. The van der Waals surface area contributed by atoms with Gasteiger partial charge in [-0.2, -0.15) is 0 Å². The van der Waals surface area contributed by atoms with E-state index in [2.05, 4.69) is 40.2 Å². The molecule has 0 spiro atoms. The summed E-state index contributed by atoms with van der Waals surface area (Å²) in [5.74, 6) is 0.775. The number of halogens is 1. The van der Waals surface area contributed by atoms with Crippen LogP contribution in [0.4, 0.5) is 5.82 Å². The fourth-order valence-corrected chi connectivity index (χ4v) is 3.34. The second-order valence-corrected chi connectivity index (χ2v) is 6.23. The minimum atomic E-state index is 0.0952. The molecule has 0 aliphatic carbocycles. The van der Waals surface area contributed by atoms with Crippen molar-refractivity contribution in [2.45, 2.75) is 26.3 Å². The number of fused-ring (bicyclic) bond motifs is 1. The fraction of sp³-hybridized carbons (Fsp3) is 0.267. The van der Waals surface area contributed by atoms with Crippen LogP contribution in [0.25, 0.3) is 10.2 Å². The highest BCUT2D eigenvalue weighted by Gasteiger charge is 2.13. The molecule has 108 valence electrons. The van der Waals surface area contributed by atoms with Crippen LogP contribution in [0.15, 0.2) is 30.6 Å². The summed E-state index contributed by atoms with van der Waals surface area (Å²) >= 11 is 7.70. The number of thiophene rings is 1. The number of anilines is 1. The Hall–Kier alpha value is -1.72. The van der Waals surface area contributed by atoms with Gasteiger partial charge in [-0.05, 0) is 42.6 Å². The maximum Gasteiger partial charge on any atom is 0.225 e. The molecule has 6 heteroatoms. The van der Waals surface area contributed by atoms with Crippen molar-refractivity contribution in [3.8, 4) is 0 Å². The van der Waals surface area contributed by atoms with E-state index in [9.17, 15) is 0 Å². The number of aromatic nitrogens is 3. The summed E-state index contributed by atoms with van der Waals surface area (Å²) in [6.07, 6.45) is 4.60. The Labute approximate surface area is 132 Å². The SMILES string of the molecule is CCc1cc2c(NC(C)c3cccnc3)nc(Cl)nc2s1. The Morgan fingerprint density at radius 1 is 1.38 bits per heavy atom. The number of pyridine rings is 1. The highest BCUT2D eigenvalue weighted by molar-refractivity contribution is 7.18. The van der Waals surface area contributed by atoms with E-state index in [1.807, 2.05) is 18.3 Å². The molecule has 1 unspecified atom stereocenters. The number of nitrogens with zero attached hydrogens (tertiary/aromatic N) is 3. The lowest BCUT2D eigenvalue weighted by atomic mass is 10.1. The number of hydrogen-bond acceptors (Lipinski definition) is 5. The molecule has 4 nitrogen and oxygen atoms in total. The molecule has 0 bridgehead atoms. The topological polar surface area (TPSA) is 50.7 Å². The maximum absolute atomic E-state index is 6.04. The summed E-state index contributed by atoms with van der Waals surface area (Å²) in [6, 6.07) is 6.19. The van der Waals surface area contributed by atoms with Crippen molar-refractivity contribution in [2.75, 3.05) is 5.32 Å². The van der Waals surface area contributed by atoms with Gasteiger partial charge in [0.1, 0.15) is 10.6 Å². The summed E-state index contributed by atoms with van der Waals surface area (Å²) in [4.78, 5) is 15.0. The Morgan fingerprint density at radius 2 is 2.24 bits per heavy atom. The minimum Gasteiger partial charge on any atom is -0.363 e. The third kappa shape index (κ3) is 2.99. The van der Waals surface area contributed by atoms with E-state index in [1.165, 1.54) is 4.88 Å². The molecule has 3 rings (SSSR count). The van der Waals surface area contributed by atoms with E-state index in [1.54, 1.807) is 17.5 Å². The van der Waals surface area contributed by atoms with Crippen LogP contribution in [0.2, 0.25) is 5.28 Å². The van der Waals surface area contributed by atoms with Crippen LogP contribution in [0.5, 0.6) is 0 Å². The molecular formula is C15H15ClN4S. The molecule has 21 heavy (non-hydrogen) atoms. The van der Waals surface area contributed by atoms with Crippen LogP contribution in [0, 0.1) is 0 Å². The van der Waals surface area contributed by atoms with Gasteiger partial charge in [0, 0.05) is 17.3 Å². The van der Waals surface area contributed by atoms with Gasteiger partial charge < -0.3 is 5.32 Å². The zero-order valence-corrected chi connectivity index (χ0v) is 13.4. The molecule has 3 aromatic heterocycles. The number of hydrogen-bond donors (Lipinski definition) is 1. The molecule has 0 radical (unpaired) electrons. The molecule has 0 aliphatic heterocycles. The third-order valence-electron chi connectivity index (χ3n) is 3.30. The molecule has 0 saturated heterocycles. The van der Waals surface area contributed by atoms with E-state index in [0.29, 0.717) is 0 Å². The van der Waals surface area contributed by atoms with Gasteiger partial charge in [-0.15, -0.1) is 11.3 Å². The Morgan fingerprint density at radius 3 is 2.95 bits per heavy atom. The van der Waals surface area contributed by atoms with Crippen molar-refractivity contribution in [3.63, 3.8) is 0 Å². The van der Waals surface area contributed by atoms with Gasteiger partial charge in [-0.25, -0.2) is 9.97 Å². The lowest BCUT2D eigenvalue weighted by Crippen LogP contribution is -2.08. The second kappa shape index (κ2) is 5.95. The summed E-state index contributed by atoms with van der Waals surface area (Å²) in [5.41, 5.74) is 1.10. The fourth-order valence-electron chi connectivity index (χ4n) is 2.15. The van der Waals surface area contributed by atoms with Gasteiger partial charge in [0.25, 0.3) is 0 Å². The van der Waals surface area contributed by atoms with Crippen molar-refractivity contribution in [1.29, 1.82) is 0 Å². The first-order chi connectivity index (χ1) is 10.2. The molecule has 1 atom stereocenters. The van der Waals surface area contributed by atoms with Crippen molar-refractivity contribution in [1.82, 2.24) is 15.0 Å². The normalized spacial score (nSPS) is 12.5. The molecule has 0 saturated carbocycles. The van der Waals surface area contributed by atoms with Gasteiger partial charge in [-0.1, -0.05) is 13.0 Å². The largest absolute Gasteiger partial charge is 0.363 e. The van der Waals surface area contributed by atoms with Gasteiger partial charge in [-0.3, -0.25) is 4.98 Å². The number of aryl methyl sites for hydroxylation is 1. The molecule has 1 N–H and O–H groups in total. The van der Waals surface area contributed by atoms with Crippen molar-refractivity contribution < 1.29 is 0 Å². The summed E-state index contributed by atoms with van der Waals surface area (Å²) in [7, 11) is 0. The van der Waals surface area contributed by atoms with Crippen molar-refractivity contribution in [3.05, 3.63) is 46.3 Å². The van der Waals surface area contributed by atoms with Crippen LogP contribution >= 0.6 is 22.9 Å². The first-order valence-corrected chi connectivity index (χ1v) is 7.99. The van der Waals surface area contributed by atoms with Crippen LogP contribution in [-0.4, -0.2) is 15.0 Å². The van der Waals surface area contributed by atoms with Crippen LogP contribution in [0.1, 0.15) is 30.3 Å². The number of nitrogens with one attached hydrogen (secondary N) is 1. The van der Waals surface area contributed by atoms with E-state index >= 15 is 0 Å². The molecule has 0 aliphatic rings. The highest BCUT2D eigenvalue weighted by Crippen LogP contribution is 2.32. The Bertz CT molecular complexity index is 757. The van der Waals surface area contributed by atoms with Gasteiger partial charge in [0.05, 0.1) is 11.4 Å². The quantitative estimate of drug-likeness (QED) is 0.721. The van der Waals surface area contributed by atoms with E-state index in [4.69, 9.17) is 11.6 Å². The van der Waals surface area contributed by atoms with Gasteiger partial charge in [0.2, 0.25) is 5.28 Å². The van der Waals surface area contributed by atoms with E-state index in [0.717, 1.165) is 28.0 Å². The maximum atomic E-state index is 6.04. The number of rotatable bonds is 4. The van der Waals surface area contributed by atoms with E-state index < -0.39 is 0 Å². The first kappa shape index (κ1) is 14.2. The molecule has 3 aromatic rings. The lowest BCUT2D eigenvalue weighted by molar-refractivity contribution is 0.868. The summed E-state index contributed by atoms with van der Waals surface area (Å²) in [6.45, 7) is 4.21. The van der Waals surface area contributed by atoms with Crippen LogP contribution in [-0.2, 0) is 6.42 Å². The summed E-state index contributed by atoms with van der Waals surface area (Å²) < 4.78 is 0. The monoisotopic (exact) mass is 318 g/mol. The Balaban J connectivity index is 1.98. The van der Waals surface area contributed by atoms with Gasteiger partial charge >= 0.3 is 0 Å². The van der Waals surface area contributed by atoms with E-state index in [-0.39, 0.29) is 11.3 Å². The smallest absolute Gasteiger partial charge is 0.225 e. The average Bonchev–Trinajstić information content (AvgIpc) is 2.91. The standard InChI is InChI=1S/C15H15ClN4S/c1-3-11-7-12-13(19-15(16)20-14(12)21-11)18-9(2)10-5-4-6-17-8-10/h4-9H,3H2,1-2H3,(H,18,19,20). The minimum absolute atomic E-state index is 0.0952. The average molecular weight is 319 g/mol. The van der Waals surface area contributed by atoms with Gasteiger partial charge in [0.15, 0.2) is 0 Å². The van der Waals surface area contributed by atoms with Crippen molar-refractivity contribution >= 4 is 39.0 Å². The second-order valence-electron chi connectivity index (χ2n) is 4.78. The zero-order chi connectivity index (χ0) is 14.8. The first-order valence-electron chi connectivity index (χ1n) is 6.79. The third-order valence-corrected chi connectivity index (χ3v) is 4.64. The molecule has 3 heterocycles. The molecule has 0 aromatic carbocycles. The van der Waals surface area contributed by atoms with Crippen molar-refractivity contribution in [2.24, 2.45) is 0 Å².